The van der Waals surface area contributed by atoms with Crippen molar-refractivity contribution < 1.29 is 28.6 Å². The van der Waals surface area contributed by atoms with Crippen LogP contribution in [0.4, 0.5) is 0 Å². The number of benzene rings is 4. The highest BCUT2D eigenvalue weighted by atomic mass is 16.5. The Balaban J connectivity index is 1.25. The smallest absolute Gasteiger partial charge is 0.303 e. The van der Waals surface area contributed by atoms with Gasteiger partial charge in [0.2, 0.25) is 5.89 Å². The molecule has 0 unspecified atom stereocenters. The van der Waals surface area contributed by atoms with Crippen LogP contribution in [0.3, 0.4) is 0 Å². The summed E-state index contributed by atoms with van der Waals surface area (Å²) in [4.78, 5) is 41.8. The number of carboxylic acids is 1. The second kappa shape index (κ2) is 14.1. The Hall–Kier alpha value is -5.50. The number of hydrogen-bond acceptors (Lipinski definition) is 6. The first kappa shape index (κ1) is 30.0. The van der Waals surface area contributed by atoms with Crippen molar-refractivity contribution in [1.29, 1.82) is 0 Å². The van der Waals surface area contributed by atoms with Crippen LogP contribution >= 0.6 is 0 Å². The highest BCUT2D eigenvalue weighted by Gasteiger charge is 2.15. The van der Waals surface area contributed by atoms with Crippen LogP contribution in [0, 0.1) is 6.92 Å². The minimum atomic E-state index is -0.905. The number of amides is 1. The summed E-state index contributed by atoms with van der Waals surface area (Å²) in [6, 6.07) is 30.6. The molecule has 0 saturated heterocycles. The van der Waals surface area contributed by atoms with E-state index in [1.54, 1.807) is 54.6 Å². The Morgan fingerprint density at radius 2 is 1.50 bits per heavy atom. The number of aryl methyl sites for hydroxylation is 2. The average molecular weight is 589 g/mol. The largest absolute Gasteiger partial charge is 0.493 e. The molecule has 8 heteroatoms. The molecule has 8 nitrogen and oxygen atoms in total. The van der Waals surface area contributed by atoms with Gasteiger partial charge in [-0.3, -0.25) is 14.4 Å². The highest BCUT2D eigenvalue weighted by Crippen LogP contribution is 2.23. The first-order valence-electron chi connectivity index (χ1n) is 14.3. The maximum absolute atomic E-state index is 13.1. The quantitative estimate of drug-likeness (QED) is 0.152. The second-order valence-electron chi connectivity index (χ2n) is 10.3. The third kappa shape index (κ3) is 7.66. The number of hydrogen-bond donors (Lipinski definition) is 2. The van der Waals surface area contributed by atoms with Gasteiger partial charge in [-0.25, -0.2) is 4.98 Å². The summed E-state index contributed by atoms with van der Waals surface area (Å²) in [5.74, 6) is 0.465. The number of aliphatic carboxylic acids is 1. The molecule has 44 heavy (non-hydrogen) atoms. The van der Waals surface area contributed by atoms with Gasteiger partial charge in [0.25, 0.3) is 5.91 Å². The molecule has 1 amide bonds. The third-order valence-corrected chi connectivity index (χ3v) is 7.17. The molecule has 2 N–H and O–H groups in total. The summed E-state index contributed by atoms with van der Waals surface area (Å²) in [5, 5.41) is 12.1. The van der Waals surface area contributed by atoms with E-state index in [9.17, 15) is 19.5 Å². The van der Waals surface area contributed by atoms with Gasteiger partial charge < -0.3 is 19.6 Å². The zero-order chi connectivity index (χ0) is 30.9. The zero-order valence-electron chi connectivity index (χ0n) is 24.3. The molecular weight excluding hydrogens is 556 g/mol. The van der Waals surface area contributed by atoms with Crippen LogP contribution in [0.5, 0.6) is 5.75 Å². The molecule has 0 spiro atoms. The first-order chi connectivity index (χ1) is 21.4. The van der Waals surface area contributed by atoms with Gasteiger partial charge >= 0.3 is 5.97 Å². The summed E-state index contributed by atoms with van der Waals surface area (Å²) >= 11 is 0. The zero-order valence-corrected chi connectivity index (χ0v) is 24.3. The lowest BCUT2D eigenvalue weighted by molar-refractivity contribution is -0.136. The van der Waals surface area contributed by atoms with Gasteiger partial charge in [-0.05, 0) is 60.9 Å². The van der Waals surface area contributed by atoms with E-state index >= 15 is 0 Å². The molecule has 0 bridgehead atoms. The van der Waals surface area contributed by atoms with Crippen molar-refractivity contribution in [3.05, 3.63) is 142 Å². The molecule has 0 aliphatic heterocycles. The van der Waals surface area contributed by atoms with Crippen LogP contribution in [0.15, 0.2) is 108 Å². The maximum Gasteiger partial charge on any atom is 0.303 e. The van der Waals surface area contributed by atoms with Crippen molar-refractivity contribution in [2.75, 3.05) is 6.61 Å². The lowest BCUT2D eigenvalue weighted by Crippen LogP contribution is -2.24. The number of nitrogens with one attached hydrogen (secondary N) is 1. The van der Waals surface area contributed by atoms with Gasteiger partial charge in [-0.1, -0.05) is 66.7 Å². The second-order valence-corrected chi connectivity index (χ2v) is 10.3. The van der Waals surface area contributed by atoms with Crippen LogP contribution in [0.25, 0.3) is 11.5 Å². The normalized spacial score (nSPS) is 10.8. The van der Waals surface area contributed by atoms with Gasteiger partial charge in [0.1, 0.15) is 11.5 Å². The van der Waals surface area contributed by atoms with Gasteiger partial charge in [-0.2, -0.15) is 0 Å². The van der Waals surface area contributed by atoms with E-state index in [2.05, 4.69) is 10.3 Å². The summed E-state index contributed by atoms with van der Waals surface area (Å²) in [5.41, 5.74) is 4.57. The molecule has 1 aromatic heterocycles. The van der Waals surface area contributed by atoms with Crippen molar-refractivity contribution >= 4 is 17.7 Å². The van der Waals surface area contributed by atoms with Crippen LogP contribution in [0.1, 0.15) is 55.3 Å². The number of aromatic nitrogens is 1. The molecule has 0 saturated carbocycles. The Labute approximate surface area is 255 Å². The lowest BCUT2D eigenvalue weighted by atomic mass is 10.0. The number of nitrogens with zero attached hydrogens (tertiary/aromatic N) is 1. The summed E-state index contributed by atoms with van der Waals surface area (Å²) < 4.78 is 11.9. The van der Waals surface area contributed by atoms with Crippen LogP contribution in [-0.4, -0.2) is 34.4 Å². The Bertz CT molecular complexity index is 1760. The number of ether oxygens (including phenoxy) is 1. The van der Waals surface area contributed by atoms with Crippen LogP contribution < -0.4 is 10.1 Å². The Morgan fingerprint density at radius 1 is 0.795 bits per heavy atom. The van der Waals surface area contributed by atoms with Gasteiger partial charge in [0, 0.05) is 41.6 Å². The fourth-order valence-corrected chi connectivity index (χ4v) is 4.81. The molecule has 0 atom stereocenters. The molecule has 0 radical (unpaired) electrons. The minimum Gasteiger partial charge on any atom is -0.493 e. The SMILES string of the molecule is Cc1oc(-c2ccccc2)nc1CCOc1ccc(CCC(=O)O)c(CNC(=O)c2cccc(C(=O)c3ccccc3)c2)c1. The molecule has 222 valence electrons. The Kier molecular flexibility index (Phi) is 9.61. The molecule has 1 heterocycles. The fourth-order valence-electron chi connectivity index (χ4n) is 4.81. The van der Waals surface area contributed by atoms with E-state index in [4.69, 9.17) is 9.15 Å². The number of rotatable bonds is 13. The number of carbonyl (C=O) groups excluding carboxylic acids is 2. The summed E-state index contributed by atoms with van der Waals surface area (Å²) in [7, 11) is 0. The monoisotopic (exact) mass is 588 g/mol. The predicted molar refractivity (Wildman–Crippen MR) is 166 cm³/mol. The summed E-state index contributed by atoms with van der Waals surface area (Å²) in [6.07, 6.45) is 0.801. The van der Waals surface area contributed by atoms with E-state index in [1.807, 2.05) is 55.5 Å². The standard InChI is InChI=1S/C36H32N2O6/c1-24-32(38-36(44-24)27-11-6-3-7-12-27)19-20-43-31-17-15-25(16-18-33(39)40)30(22-31)23-37-35(42)29-14-8-13-28(21-29)34(41)26-9-4-2-5-10-26/h2-15,17,21-22H,16,18-20,23H2,1H3,(H,37,42)(H,39,40). The minimum absolute atomic E-state index is 0.0417. The van der Waals surface area contributed by atoms with Crippen molar-refractivity contribution in [3.8, 4) is 17.2 Å². The third-order valence-electron chi connectivity index (χ3n) is 7.17. The van der Waals surface area contributed by atoms with E-state index in [0.717, 1.165) is 28.1 Å². The molecule has 5 rings (SSSR count). The van der Waals surface area contributed by atoms with Crippen molar-refractivity contribution in [3.63, 3.8) is 0 Å². The molecular formula is C36H32N2O6. The molecule has 4 aromatic carbocycles. The fraction of sp³-hybridized carbons (Fsp3) is 0.167. The average Bonchev–Trinajstić information content (AvgIpc) is 3.43. The molecule has 0 aliphatic carbocycles. The molecule has 0 aliphatic rings. The maximum atomic E-state index is 13.1. The first-order valence-corrected chi connectivity index (χ1v) is 14.3. The van der Waals surface area contributed by atoms with Gasteiger partial charge in [-0.15, -0.1) is 0 Å². The lowest BCUT2D eigenvalue weighted by Gasteiger charge is -2.14. The number of ketones is 1. The highest BCUT2D eigenvalue weighted by molar-refractivity contribution is 6.10. The van der Waals surface area contributed by atoms with Gasteiger partial charge in [0.15, 0.2) is 5.78 Å². The van der Waals surface area contributed by atoms with Crippen LogP contribution in [-0.2, 0) is 24.2 Å². The number of oxazole rings is 1. The van der Waals surface area contributed by atoms with E-state index < -0.39 is 5.97 Å². The van der Waals surface area contributed by atoms with E-state index in [-0.39, 0.29) is 24.7 Å². The van der Waals surface area contributed by atoms with Crippen LogP contribution in [0.2, 0.25) is 0 Å². The molecule has 5 aromatic rings. The van der Waals surface area contributed by atoms with Crippen molar-refractivity contribution in [2.24, 2.45) is 0 Å². The topological polar surface area (TPSA) is 119 Å². The van der Waals surface area contributed by atoms with E-state index in [0.29, 0.717) is 47.8 Å². The molecule has 0 fully saturated rings. The van der Waals surface area contributed by atoms with Crippen molar-refractivity contribution in [1.82, 2.24) is 10.3 Å². The van der Waals surface area contributed by atoms with Crippen molar-refractivity contribution in [2.45, 2.75) is 32.7 Å². The number of carboxylic acid groups (broad SMARTS) is 1. The number of carbonyl (C=O) groups is 3. The Morgan fingerprint density at radius 3 is 2.25 bits per heavy atom. The summed E-state index contributed by atoms with van der Waals surface area (Å²) in [6.45, 7) is 2.38. The predicted octanol–water partition coefficient (Wildman–Crippen LogP) is 6.45. The van der Waals surface area contributed by atoms with Gasteiger partial charge in [0.05, 0.1) is 12.3 Å². The van der Waals surface area contributed by atoms with E-state index in [1.165, 1.54) is 0 Å².